The Kier molecular flexibility index (Phi) is 6.08. The lowest BCUT2D eigenvalue weighted by Gasteiger charge is -2.24. The van der Waals surface area contributed by atoms with Gasteiger partial charge >= 0.3 is 0 Å². The molecule has 0 spiro atoms. The molecule has 0 amide bonds. The third kappa shape index (κ3) is 4.21. The molecule has 0 radical (unpaired) electrons. The second kappa shape index (κ2) is 8.92. The zero-order valence-corrected chi connectivity index (χ0v) is 17.9. The van der Waals surface area contributed by atoms with Crippen molar-refractivity contribution in [2.45, 2.75) is 52.1 Å². The Morgan fingerprint density at radius 3 is 2.83 bits per heavy atom. The maximum Gasteiger partial charge on any atom is 0.195 e. The predicted octanol–water partition coefficient (Wildman–Crippen LogP) is 6.35. The van der Waals surface area contributed by atoms with Gasteiger partial charge in [0, 0.05) is 6.07 Å². The highest BCUT2D eigenvalue weighted by atomic mass is 32.1. The molecular weight excluding hydrogens is 401 g/mol. The molecule has 2 aromatic heterocycles. The molecule has 2 heterocycles. The summed E-state index contributed by atoms with van der Waals surface area (Å²) in [6.07, 6.45) is 10.3. The minimum absolute atomic E-state index is 0.0490. The fourth-order valence-electron chi connectivity index (χ4n) is 3.82. The summed E-state index contributed by atoms with van der Waals surface area (Å²) < 4.78 is 20.1. The van der Waals surface area contributed by atoms with Crippen molar-refractivity contribution in [2.75, 3.05) is 5.32 Å². The van der Waals surface area contributed by atoms with Gasteiger partial charge in [0.1, 0.15) is 28.5 Å². The first-order chi connectivity index (χ1) is 14.6. The number of ketones is 1. The lowest BCUT2D eigenvalue weighted by Crippen LogP contribution is -2.20. The van der Waals surface area contributed by atoms with E-state index in [1.165, 1.54) is 36.2 Å². The molecule has 0 aliphatic heterocycles. The van der Waals surface area contributed by atoms with Crippen LogP contribution in [0.1, 0.15) is 54.3 Å². The second-order valence-electron chi connectivity index (χ2n) is 7.47. The van der Waals surface area contributed by atoms with Crippen LogP contribution in [0.3, 0.4) is 0 Å². The first kappa shape index (κ1) is 20.5. The zero-order chi connectivity index (χ0) is 21.1. The number of anilines is 2. The maximum atomic E-state index is 13.9. The zero-order valence-electron chi connectivity index (χ0n) is 17.1. The quantitative estimate of drug-likeness (QED) is 0.368. The summed E-state index contributed by atoms with van der Waals surface area (Å²) in [4.78, 5) is 22.5. The summed E-state index contributed by atoms with van der Waals surface area (Å²) in [6.45, 7) is 3.71. The Hall–Kier alpha value is -2.80. The highest BCUT2D eigenvalue weighted by Gasteiger charge is 2.20. The van der Waals surface area contributed by atoms with Crippen molar-refractivity contribution in [2.24, 2.45) is 0 Å². The number of carbonyl (C=O) groups excluding carboxylic acids is 1. The molecule has 3 aromatic rings. The number of allylic oxidation sites excluding steroid dienone is 2. The number of halogens is 1. The van der Waals surface area contributed by atoms with Gasteiger partial charge in [-0.05, 0) is 63.3 Å². The largest absolute Gasteiger partial charge is 0.488 e. The van der Waals surface area contributed by atoms with Gasteiger partial charge in [-0.3, -0.25) is 4.79 Å². The standard InChI is InChI=1S/C23H24FN3O2S/c1-3-7-18(28)21-14(2)20-22(25-13-26-23(20)30-21)27-17-11-10-15(24)12-19(17)29-16-8-5-4-6-9-16/h3,7,10-13,16H,4-6,8-9H2,1-2H3,(H,25,26,27)/b7-3-. The Bertz CT molecular complexity index is 1100. The topological polar surface area (TPSA) is 64.1 Å². The number of carbonyl (C=O) groups is 1. The number of nitrogens with zero attached hydrogens (tertiary/aromatic N) is 2. The van der Waals surface area contributed by atoms with Crippen LogP contribution in [0.2, 0.25) is 0 Å². The van der Waals surface area contributed by atoms with E-state index in [-0.39, 0.29) is 17.7 Å². The summed E-state index contributed by atoms with van der Waals surface area (Å²) >= 11 is 1.35. The van der Waals surface area contributed by atoms with Gasteiger partial charge in [0.25, 0.3) is 0 Å². The van der Waals surface area contributed by atoms with Crippen molar-refractivity contribution in [1.29, 1.82) is 0 Å². The van der Waals surface area contributed by atoms with Crippen molar-refractivity contribution >= 4 is 38.8 Å². The Morgan fingerprint density at radius 2 is 2.07 bits per heavy atom. The van der Waals surface area contributed by atoms with E-state index in [0.29, 0.717) is 22.1 Å². The molecule has 1 aliphatic rings. The Balaban J connectivity index is 1.70. The number of hydrogen-bond acceptors (Lipinski definition) is 6. The van der Waals surface area contributed by atoms with Gasteiger partial charge in [-0.25, -0.2) is 14.4 Å². The van der Waals surface area contributed by atoms with Crippen LogP contribution in [-0.2, 0) is 0 Å². The first-order valence-corrected chi connectivity index (χ1v) is 11.0. The van der Waals surface area contributed by atoms with Gasteiger partial charge in [0.15, 0.2) is 5.78 Å². The highest BCUT2D eigenvalue weighted by Crippen LogP contribution is 2.37. The minimum Gasteiger partial charge on any atom is -0.488 e. The van der Waals surface area contributed by atoms with E-state index < -0.39 is 0 Å². The second-order valence-corrected chi connectivity index (χ2v) is 8.47. The molecule has 1 aromatic carbocycles. The van der Waals surface area contributed by atoms with Crippen LogP contribution >= 0.6 is 11.3 Å². The Morgan fingerprint density at radius 1 is 1.27 bits per heavy atom. The lowest BCUT2D eigenvalue weighted by atomic mass is 9.98. The Labute approximate surface area is 179 Å². The van der Waals surface area contributed by atoms with Crippen LogP contribution in [0.4, 0.5) is 15.9 Å². The van der Waals surface area contributed by atoms with Gasteiger partial charge in [-0.15, -0.1) is 11.3 Å². The summed E-state index contributed by atoms with van der Waals surface area (Å²) in [5.41, 5.74) is 1.48. The van der Waals surface area contributed by atoms with Crippen LogP contribution in [0, 0.1) is 12.7 Å². The highest BCUT2D eigenvalue weighted by molar-refractivity contribution is 7.20. The van der Waals surface area contributed by atoms with E-state index in [1.54, 1.807) is 18.2 Å². The maximum absolute atomic E-state index is 13.9. The molecule has 30 heavy (non-hydrogen) atoms. The van der Waals surface area contributed by atoms with Crippen LogP contribution in [0.15, 0.2) is 36.7 Å². The van der Waals surface area contributed by atoms with Gasteiger partial charge in [0.2, 0.25) is 0 Å². The summed E-state index contributed by atoms with van der Waals surface area (Å²) in [7, 11) is 0. The normalized spacial score (nSPS) is 15.0. The average molecular weight is 426 g/mol. The number of aryl methyl sites for hydroxylation is 1. The van der Waals surface area contributed by atoms with Crippen LogP contribution < -0.4 is 10.1 Å². The fourth-order valence-corrected chi connectivity index (χ4v) is 4.88. The summed E-state index contributed by atoms with van der Waals surface area (Å²) in [5.74, 6) is 0.664. The molecule has 0 bridgehead atoms. The number of thiophene rings is 1. The van der Waals surface area contributed by atoms with E-state index in [2.05, 4.69) is 15.3 Å². The first-order valence-electron chi connectivity index (χ1n) is 10.2. The van der Waals surface area contributed by atoms with Crippen LogP contribution in [0.5, 0.6) is 5.75 Å². The van der Waals surface area contributed by atoms with Gasteiger partial charge < -0.3 is 10.1 Å². The molecular formula is C23H24FN3O2S. The van der Waals surface area contributed by atoms with Crippen molar-refractivity contribution in [3.63, 3.8) is 0 Å². The van der Waals surface area contributed by atoms with E-state index in [9.17, 15) is 9.18 Å². The molecule has 0 atom stereocenters. The molecule has 1 aliphatic carbocycles. The van der Waals surface area contributed by atoms with Gasteiger partial charge in [-0.1, -0.05) is 12.5 Å². The SMILES string of the molecule is C/C=C\C(=O)c1sc2ncnc(Nc3ccc(F)cc3OC3CCCCC3)c2c1C. The third-order valence-corrected chi connectivity index (χ3v) is 6.53. The van der Waals surface area contributed by atoms with Crippen LogP contribution in [0.25, 0.3) is 10.2 Å². The van der Waals surface area contributed by atoms with Crippen LogP contribution in [-0.4, -0.2) is 21.9 Å². The summed E-state index contributed by atoms with van der Waals surface area (Å²) in [5, 5.41) is 4.09. The van der Waals surface area contributed by atoms with E-state index in [1.807, 2.05) is 13.8 Å². The molecule has 1 N–H and O–H groups in total. The molecule has 4 rings (SSSR count). The number of ether oxygens (including phenoxy) is 1. The number of fused-ring (bicyclic) bond motifs is 1. The number of benzene rings is 1. The fraction of sp³-hybridized carbons (Fsp3) is 0.348. The predicted molar refractivity (Wildman–Crippen MR) is 118 cm³/mol. The van der Waals surface area contributed by atoms with E-state index in [4.69, 9.17) is 4.74 Å². The molecule has 0 saturated heterocycles. The van der Waals surface area contributed by atoms with E-state index in [0.717, 1.165) is 41.5 Å². The molecule has 156 valence electrons. The lowest BCUT2D eigenvalue weighted by molar-refractivity contribution is 0.105. The van der Waals surface area contributed by atoms with Crippen molar-refractivity contribution in [3.05, 3.63) is 52.9 Å². The van der Waals surface area contributed by atoms with Crippen molar-refractivity contribution in [1.82, 2.24) is 9.97 Å². The molecule has 1 saturated carbocycles. The minimum atomic E-state index is -0.342. The molecule has 7 heteroatoms. The summed E-state index contributed by atoms with van der Waals surface area (Å²) in [6, 6.07) is 4.47. The smallest absolute Gasteiger partial charge is 0.195 e. The van der Waals surface area contributed by atoms with Crippen molar-refractivity contribution in [3.8, 4) is 5.75 Å². The third-order valence-electron chi connectivity index (χ3n) is 5.31. The monoisotopic (exact) mass is 425 g/mol. The van der Waals surface area contributed by atoms with Gasteiger partial charge in [-0.2, -0.15) is 0 Å². The molecule has 1 fully saturated rings. The van der Waals surface area contributed by atoms with E-state index >= 15 is 0 Å². The van der Waals surface area contributed by atoms with Gasteiger partial charge in [0.05, 0.1) is 22.1 Å². The number of nitrogens with one attached hydrogen (secondary N) is 1. The number of aromatic nitrogens is 2. The molecule has 0 unspecified atom stereocenters. The number of rotatable bonds is 6. The van der Waals surface area contributed by atoms with Crippen molar-refractivity contribution < 1.29 is 13.9 Å². The number of hydrogen-bond donors (Lipinski definition) is 1. The molecule has 5 nitrogen and oxygen atoms in total. The average Bonchev–Trinajstić information content (AvgIpc) is 3.09.